The molecular formula is C25H22ClFN4O4. The Morgan fingerprint density at radius 3 is 2.69 bits per heavy atom. The number of H-pyrrole nitrogens is 1. The molecule has 4 rings (SSSR count). The lowest BCUT2D eigenvalue weighted by Gasteiger charge is -2.11. The number of fused-ring (bicyclic) bond motifs is 1. The summed E-state index contributed by atoms with van der Waals surface area (Å²) in [5, 5.41) is 15.0. The van der Waals surface area contributed by atoms with Crippen LogP contribution in [0.2, 0.25) is 5.02 Å². The van der Waals surface area contributed by atoms with Gasteiger partial charge in [0.2, 0.25) is 0 Å². The molecule has 4 N–H and O–H groups in total. The first-order chi connectivity index (χ1) is 16.8. The van der Waals surface area contributed by atoms with E-state index in [-0.39, 0.29) is 19.0 Å². The molecule has 0 atom stereocenters. The molecule has 0 aliphatic rings. The smallest absolute Gasteiger partial charge is 0.404 e. The normalized spacial score (nSPS) is 10.8. The Morgan fingerprint density at radius 1 is 1.11 bits per heavy atom. The van der Waals surface area contributed by atoms with E-state index in [2.05, 4.69) is 20.6 Å². The number of hydrogen-bond donors (Lipinski definition) is 4. The van der Waals surface area contributed by atoms with E-state index < -0.39 is 11.9 Å². The van der Waals surface area contributed by atoms with Gasteiger partial charge in [-0.05, 0) is 35.9 Å². The number of carboxylic acid groups (broad SMARTS) is 1. The predicted molar refractivity (Wildman–Crippen MR) is 129 cm³/mol. The fourth-order valence-electron chi connectivity index (χ4n) is 3.71. The quantitative estimate of drug-likeness (QED) is 0.283. The van der Waals surface area contributed by atoms with Gasteiger partial charge in [-0.3, -0.25) is 9.78 Å². The number of halogens is 2. The molecule has 0 aliphatic heterocycles. The van der Waals surface area contributed by atoms with Gasteiger partial charge in [0.15, 0.2) is 0 Å². The molecule has 2 aromatic carbocycles. The largest absolute Gasteiger partial charge is 0.496 e. The zero-order chi connectivity index (χ0) is 24.9. The van der Waals surface area contributed by atoms with Crippen LogP contribution in [0.25, 0.3) is 10.9 Å². The van der Waals surface area contributed by atoms with Crippen LogP contribution in [-0.4, -0.2) is 34.2 Å². The highest BCUT2D eigenvalue weighted by Gasteiger charge is 2.13. The van der Waals surface area contributed by atoms with Gasteiger partial charge in [-0.15, -0.1) is 0 Å². The number of pyridine rings is 1. The highest BCUT2D eigenvalue weighted by atomic mass is 35.5. The first-order valence-corrected chi connectivity index (χ1v) is 11.0. The standard InChI is InChI=1S/C25H22ClFN4O4/c1-35-23-7-14(2-3-16(23)11-31-25(33)34)6-18-8-15(4-5-28-18)24(32)30-12-17-9-19-20(26)13-29-22(19)10-21(17)27/h2-5,7-10,13,29,31H,6,11-12H2,1H3,(H,30,32)(H,33,34). The van der Waals surface area contributed by atoms with Gasteiger partial charge < -0.3 is 25.5 Å². The maximum Gasteiger partial charge on any atom is 0.404 e. The van der Waals surface area contributed by atoms with Gasteiger partial charge in [0.1, 0.15) is 11.6 Å². The highest BCUT2D eigenvalue weighted by molar-refractivity contribution is 6.35. The lowest BCUT2D eigenvalue weighted by Crippen LogP contribution is -2.23. The van der Waals surface area contributed by atoms with Gasteiger partial charge in [0, 0.05) is 65.2 Å². The number of carbonyl (C=O) groups excluding carboxylic acids is 1. The van der Waals surface area contributed by atoms with Crippen LogP contribution in [0.3, 0.4) is 0 Å². The van der Waals surface area contributed by atoms with Gasteiger partial charge in [0.05, 0.1) is 12.1 Å². The molecule has 0 saturated carbocycles. The van der Waals surface area contributed by atoms with E-state index in [0.717, 1.165) is 5.56 Å². The van der Waals surface area contributed by atoms with Crippen LogP contribution < -0.4 is 15.4 Å². The lowest BCUT2D eigenvalue weighted by atomic mass is 10.0. The minimum Gasteiger partial charge on any atom is -0.496 e. The number of benzene rings is 2. The monoisotopic (exact) mass is 496 g/mol. The Kier molecular flexibility index (Phi) is 7.17. The summed E-state index contributed by atoms with van der Waals surface area (Å²) in [6.45, 7) is 0.124. The van der Waals surface area contributed by atoms with Gasteiger partial charge in [-0.1, -0.05) is 23.7 Å². The molecule has 2 aromatic heterocycles. The number of amides is 2. The third-order valence-electron chi connectivity index (χ3n) is 5.48. The molecule has 4 aromatic rings. The van der Waals surface area contributed by atoms with Crippen molar-refractivity contribution in [3.8, 4) is 5.75 Å². The third-order valence-corrected chi connectivity index (χ3v) is 5.80. The Balaban J connectivity index is 1.44. The van der Waals surface area contributed by atoms with Crippen LogP contribution in [0.1, 0.15) is 32.7 Å². The Hall–Kier alpha value is -4.11. The molecule has 0 fully saturated rings. The van der Waals surface area contributed by atoms with Crippen LogP contribution >= 0.6 is 11.6 Å². The predicted octanol–water partition coefficient (Wildman–Crippen LogP) is 4.65. The van der Waals surface area contributed by atoms with Crippen molar-refractivity contribution in [3.05, 3.63) is 93.6 Å². The third kappa shape index (κ3) is 5.70. The lowest BCUT2D eigenvalue weighted by molar-refractivity contribution is 0.0950. The summed E-state index contributed by atoms with van der Waals surface area (Å²) >= 11 is 6.11. The molecule has 0 aliphatic carbocycles. The zero-order valence-corrected chi connectivity index (χ0v) is 19.4. The molecule has 0 saturated heterocycles. The van der Waals surface area contributed by atoms with E-state index in [1.54, 1.807) is 42.7 Å². The van der Waals surface area contributed by atoms with E-state index in [9.17, 15) is 14.0 Å². The van der Waals surface area contributed by atoms with Gasteiger partial charge in [-0.2, -0.15) is 0 Å². The zero-order valence-electron chi connectivity index (χ0n) is 18.7. The molecule has 35 heavy (non-hydrogen) atoms. The van der Waals surface area contributed by atoms with E-state index >= 15 is 0 Å². The van der Waals surface area contributed by atoms with Crippen LogP contribution in [0.15, 0.2) is 54.9 Å². The SMILES string of the molecule is COc1cc(Cc2cc(C(=O)NCc3cc4c(Cl)c[nH]c4cc3F)ccn2)ccc1CNC(=O)O. The molecule has 0 unspecified atom stereocenters. The fourth-order valence-corrected chi connectivity index (χ4v) is 3.92. The van der Waals surface area contributed by atoms with Gasteiger partial charge in [0.25, 0.3) is 5.91 Å². The van der Waals surface area contributed by atoms with Gasteiger partial charge in [-0.25, -0.2) is 9.18 Å². The molecular weight excluding hydrogens is 475 g/mol. The van der Waals surface area contributed by atoms with Crippen molar-refractivity contribution in [1.29, 1.82) is 0 Å². The summed E-state index contributed by atoms with van der Waals surface area (Å²) in [7, 11) is 1.51. The first-order valence-electron chi connectivity index (χ1n) is 10.6. The minimum atomic E-state index is -1.12. The number of aromatic nitrogens is 2. The first kappa shape index (κ1) is 24.0. The fraction of sp³-hybridized carbons (Fsp3) is 0.160. The summed E-state index contributed by atoms with van der Waals surface area (Å²) in [5.74, 6) is -0.254. The highest BCUT2D eigenvalue weighted by Crippen LogP contribution is 2.26. The van der Waals surface area contributed by atoms with Crippen molar-refractivity contribution >= 4 is 34.5 Å². The average molecular weight is 497 g/mol. The van der Waals surface area contributed by atoms with Crippen LogP contribution in [-0.2, 0) is 19.5 Å². The molecule has 180 valence electrons. The second-order valence-electron chi connectivity index (χ2n) is 7.83. The minimum absolute atomic E-state index is 0.00279. The molecule has 8 nitrogen and oxygen atoms in total. The summed E-state index contributed by atoms with van der Waals surface area (Å²) in [6.07, 6.45) is 2.44. The van der Waals surface area contributed by atoms with E-state index in [0.29, 0.717) is 50.5 Å². The molecule has 0 bridgehead atoms. The van der Waals surface area contributed by atoms with Gasteiger partial charge >= 0.3 is 6.09 Å². The topological polar surface area (TPSA) is 116 Å². The van der Waals surface area contributed by atoms with Crippen LogP contribution in [0.5, 0.6) is 5.75 Å². The number of nitrogens with zero attached hydrogens (tertiary/aromatic N) is 1. The molecule has 0 spiro atoms. The Bertz CT molecular complexity index is 1410. The van der Waals surface area contributed by atoms with Crippen molar-refractivity contribution in [2.75, 3.05) is 7.11 Å². The number of rotatable bonds is 8. The maximum atomic E-state index is 14.4. The molecule has 0 radical (unpaired) electrons. The second kappa shape index (κ2) is 10.4. The number of methoxy groups -OCH3 is 1. The summed E-state index contributed by atoms with van der Waals surface area (Å²) in [6, 6.07) is 11.7. The Labute approximate surface area is 205 Å². The second-order valence-corrected chi connectivity index (χ2v) is 8.23. The van der Waals surface area contributed by atoms with Crippen molar-refractivity contribution in [1.82, 2.24) is 20.6 Å². The summed E-state index contributed by atoms with van der Waals surface area (Å²) < 4.78 is 19.8. The Morgan fingerprint density at radius 2 is 1.91 bits per heavy atom. The van der Waals surface area contributed by atoms with E-state index in [4.69, 9.17) is 21.4 Å². The number of nitrogens with one attached hydrogen (secondary N) is 3. The average Bonchev–Trinajstić information content (AvgIpc) is 3.20. The molecule has 2 amide bonds. The van der Waals surface area contributed by atoms with Crippen LogP contribution in [0, 0.1) is 5.82 Å². The summed E-state index contributed by atoms with van der Waals surface area (Å²) in [4.78, 5) is 30.7. The number of hydrogen-bond acceptors (Lipinski definition) is 4. The number of ether oxygens (including phenoxy) is 1. The van der Waals surface area contributed by atoms with Crippen molar-refractivity contribution in [2.45, 2.75) is 19.5 Å². The summed E-state index contributed by atoms with van der Waals surface area (Å²) in [5.41, 5.74) is 3.54. The van der Waals surface area contributed by atoms with Crippen molar-refractivity contribution in [3.63, 3.8) is 0 Å². The van der Waals surface area contributed by atoms with Crippen LogP contribution in [0.4, 0.5) is 9.18 Å². The number of aromatic amines is 1. The number of carbonyl (C=O) groups is 2. The van der Waals surface area contributed by atoms with E-state index in [1.165, 1.54) is 13.2 Å². The van der Waals surface area contributed by atoms with E-state index in [1.807, 2.05) is 6.07 Å². The molecule has 2 heterocycles. The van der Waals surface area contributed by atoms with Crippen molar-refractivity contribution in [2.24, 2.45) is 0 Å². The maximum absolute atomic E-state index is 14.4. The van der Waals surface area contributed by atoms with Crippen molar-refractivity contribution < 1.29 is 23.8 Å². The molecule has 10 heteroatoms.